The third-order valence-electron chi connectivity index (χ3n) is 7.23. The lowest BCUT2D eigenvalue weighted by atomic mass is 10.0. The topological polar surface area (TPSA) is 97.0 Å². The molecule has 9 nitrogen and oxygen atoms in total. The highest BCUT2D eigenvalue weighted by atomic mass is 32.2. The van der Waals surface area contributed by atoms with E-state index in [-0.39, 0.29) is 29.2 Å². The van der Waals surface area contributed by atoms with Crippen molar-refractivity contribution in [2.45, 2.75) is 59.3 Å². The second-order valence-electron chi connectivity index (χ2n) is 10.2. The number of carbonyl (C=O) groups is 1. The molecule has 0 spiro atoms. The zero-order chi connectivity index (χ0) is 29.8. The third kappa shape index (κ3) is 6.30. The van der Waals surface area contributed by atoms with Gasteiger partial charge in [-0.15, -0.1) is 0 Å². The molecule has 2 aromatic rings. The smallest absolute Gasteiger partial charge is 0.270 e. The Morgan fingerprint density at radius 2 is 1.83 bits per heavy atom. The molecule has 2 aliphatic heterocycles. The van der Waals surface area contributed by atoms with Gasteiger partial charge in [-0.1, -0.05) is 37.0 Å². The SMILES string of the molecule is CCCn1c(N2CC(C)OC(C)C2)c(/C=C2/SC(=S)N(CCc3ccc(OC)c(OC)c3)C2=O)c(C)c(C#N)c1=O. The maximum atomic E-state index is 13.6. The average Bonchev–Trinajstić information content (AvgIpc) is 3.21. The number of hydrogen-bond donors (Lipinski definition) is 0. The number of hydrogen-bond acceptors (Lipinski definition) is 9. The van der Waals surface area contributed by atoms with Crippen LogP contribution >= 0.6 is 24.0 Å². The zero-order valence-electron chi connectivity index (χ0n) is 24.4. The lowest BCUT2D eigenvalue weighted by Crippen LogP contribution is -2.48. The van der Waals surface area contributed by atoms with E-state index >= 15 is 0 Å². The fourth-order valence-electron chi connectivity index (χ4n) is 5.37. The molecule has 0 N–H and O–H groups in total. The number of aromatic nitrogens is 1. The number of anilines is 1. The predicted octanol–water partition coefficient (Wildman–Crippen LogP) is 4.51. The van der Waals surface area contributed by atoms with Gasteiger partial charge in [0.1, 0.15) is 21.8 Å². The summed E-state index contributed by atoms with van der Waals surface area (Å²) in [6.45, 7) is 9.82. The van der Waals surface area contributed by atoms with Gasteiger partial charge in [0.2, 0.25) is 0 Å². The second-order valence-corrected chi connectivity index (χ2v) is 11.9. The minimum absolute atomic E-state index is 0.0393. The number of pyridine rings is 1. The van der Waals surface area contributed by atoms with Gasteiger partial charge in [0.15, 0.2) is 11.5 Å². The van der Waals surface area contributed by atoms with E-state index in [4.69, 9.17) is 26.4 Å². The predicted molar refractivity (Wildman–Crippen MR) is 166 cm³/mol. The van der Waals surface area contributed by atoms with Gasteiger partial charge < -0.3 is 19.1 Å². The highest BCUT2D eigenvalue weighted by Crippen LogP contribution is 2.37. The number of thioether (sulfide) groups is 1. The van der Waals surface area contributed by atoms with Crippen LogP contribution in [0.4, 0.5) is 5.82 Å². The Hall–Kier alpha value is -3.33. The number of methoxy groups -OCH3 is 2. The van der Waals surface area contributed by atoms with Crippen LogP contribution in [0.25, 0.3) is 6.08 Å². The summed E-state index contributed by atoms with van der Waals surface area (Å²) in [4.78, 5) is 31.3. The Labute approximate surface area is 250 Å². The van der Waals surface area contributed by atoms with Crippen LogP contribution in [-0.4, -0.2) is 65.8 Å². The van der Waals surface area contributed by atoms with Crippen LogP contribution in [0.15, 0.2) is 27.9 Å². The number of carbonyl (C=O) groups excluding carboxylic acids is 1. The van der Waals surface area contributed by atoms with Gasteiger partial charge in [0, 0.05) is 31.7 Å². The van der Waals surface area contributed by atoms with E-state index < -0.39 is 0 Å². The molecule has 1 amide bonds. The van der Waals surface area contributed by atoms with Crippen molar-refractivity contribution in [2.75, 3.05) is 38.8 Å². The van der Waals surface area contributed by atoms with Crippen molar-refractivity contribution in [1.29, 1.82) is 5.26 Å². The van der Waals surface area contributed by atoms with E-state index in [9.17, 15) is 14.9 Å². The van der Waals surface area contributed by atoms with Crippen molar-refractivity contribution < 1.29 is 19.0 Å². The van der Waals surface area contributed by atoms with Gasteiger partial charge in [0.05, 0.1) is 31.3 Å². The summed E-state index contributed by atoms with van der Waals surface area (Å²) in [5, 5.41) is 9.91. The minimum Gasteiger partial charge on any atom is -0.493 e. The zero-order valence-corrected chi connectivity index (χ0v) is 26.0. The van der Waals surface area contributed by atoms with Crippen molar-refractivity contribution in [1.82, 2.24) is 9.47 Å². The van der Waals surface area contributed by atoms with Gasteiger partial charge >= 0.3 is 0 Å². The first-order chi connectivity index (χ1) is 19.6. The van der Waals surface area contributed by atoms with E-state index in [1.807, 2.05) is 39.0 Å². The van der Waals surface area contributed by atoms with E-state index in [1.165, 1.54) is 11.8 Å². The van der Waals surface area contributed by atoms with Crippen molar-refractivity contribution in [3.05, 3.63) is 55.7 Å². The number of amides is 1. The van der Waals surface area contributed by atoms with E-state index in [1.54, 1.807) is 36.7 Å². The summed E-state index contributed by atoms with van der Waals surface area (Å²) >= 11 is 6.86. The van der Waals surface area contributed by atoms with Gasteiger partial charge in [-0.05, 0) is 62.9 Å². The number of thiocarbonyl (C=S) groups is 1. The molecule has 3 heterocycles. The molecule has 41 heavy (non-hydrogen) atoms. The molecule has 1 aromatic carbocycles. The van der Waals surface area contributed by atoms with Crippen molar-refractivity contribution in [2.24, 2.45) is 0 Å². The highest BCUT2D eigenvalue weighted by molar-refractivity contribution is 8.26. The van der Waals surface area contributed by atoms with Gasteiger partial charge in [0.25, 0.3) is 11.5 Å². The number of nitriles is 1. The van der Waals surface area contributed by atoms with E-state index in [0.29, 0.717) is 76.7 Å². The summed E-state index contributed by atoms with van der Waals surface area (Å²) in [6.07, 6.45) is 3.02. The first-order valence-electron chi connectivity index (χ1n) is 13.7. The van der Waals surface area contributed by atoms with Crippen LogP contribution in [0.2, 0.25) is 0 Å². The Bertz CT molecular complexity index is 1470. The summed E-state index contributed by atoms with van der Waals surface area (Å²) in [7, 11) is 3.18. The molecule has 2 fully saturated rings. The second kappa shape index (κ2) is 13.1. The van der Waals surface area contributed by atoms with Gasteiger partial charge in [-0.2, -0.15) is 5.26 Å². The molecule has 4 rings (SSSR count). The fraction of sp³-hybridized carbons (Fsp3) is 0.467. The van der Waals surface area contributed by atoms with Crippen molar-refractivity contribution >= 4 is 46.1 Å². The molecule has 2 unspecified atom stereocenters. The van der Waals surface area contributed by atoms with Crippen molar-refractivity contribution in [3.8, 4) is 17.6 Å². The Morgan fingerprint density at radius 1 is 1.15 bits per heavy atom. The summed E-state index contributed by atoms with van der Waals surface area (Å²) in [5.41, 5.74) is 2.01. The number of benzene rings is 1. The Morgan fingerprint density at radius 3 is 2.44 bits per heavy atom. The summed E-state index contributed by atoms with van der Waals surface area (Å²) in [5.74, 6) is 1.79. The van der Waals surface area contributed by atoms with E-state index in [0.717, 1.165) is 5.56 Å². The lowest BCUT2D eigenvalue weighted by molar-refractivity contribution is -0.122. The molecule has 0 radical (unpaired) electrons. The summed E-state index contributed by atoms with van der Waals surface area (Å²) < 4.78 is 18.8. The standard InChI is InChI=1S/C30H36N4O5S2/c1-7-11-33-27(32-16-18(2)39-19(3)17-32)22(20(4)23(15-31)28(33)35)14-26-29(36)34(30(40)41-26)12-10-21-8-9-24(37-5)25(13-21)38-6/h8-9,13-14,18-19H,7,10-12,16-17H2,1-6H3/b26-14+. The van der Waals surface area contributed by atoms with Crippen LogP contribution in [0.3, 0.4) is 0 Å². The van der Waals surface area contributed by atoms with Crippen LogP contribution in [0.1, 0.15) is 49.4 Å². The molecular formula is C30H36N4O5S2. The number of morpholine rings is 1. The van der Waals surface area contributed by atoms with Crippen LogP contribution in [0, 0.1) is 18.3 Å². The number of rotatable bonds is 9. The minimum atomic E-state index is -0.312. The molecule has 2 aliphatic rings. The normalized spacial score (nSPS) is 20.1. The number of ether oxygens (including phenoxy) is 3. The van der Waals surface area contributed by atoms with Crippen LogP contribution in [-0.2, 0) is 22.5 Å². The van der Waals surface area contributed by atoms with Crippen molar-refractivity contribution in [3.63, 3.8) is 0 Å². The summed E-state index contributed by atoms with van der Waals surface area (Å²) in [6, 6.07) is 7.78. The van der Waals surface area contributed by atoms with Crippen LogP contribution < -0.4 is 19.9 Å². The molecule has 0 saturated carbocycles. The fourth-order valence-corrected chi connectivity index (χ4v) is 6.66. The molecular weight excluding hydrogens is 560 g/mol. The quantitative estimate of drug-likeness (QED) is 0.306. The lowest BCUT2D eigenvalue weighted by Gasteiger charge is -2.39. The molecule has 2 saturated heterocycles. The van der Waals surface area contributed by atoms with Gasteiger partial charge in [-0.3, -0.25) is 19.1 Å². The maximum absolute atomic E-state index is 13.6. The molecule has 2 atom stereocenters. The first kappa shape index (κ1) is 30.6. The van der Waals surface area contributed by atoms with E-state index in [2.05, 4.69) is 11.0 Å². The molecule has 0 aliphatic carbocycles. The molecule has 218 valence electrons. The Kier molecular flexibility index (Phi) is 9.79. The molecule has 11 heteroatoms. The molecule has 1 aromatic heterocycles. The maximum Gasteiger partial charge on any atom is 0.270 e. The largest absolute Gasteiger partial charge is 0.493 e. The highest BCUT2D eigenvalue weighted by Gasteiger charge is 2.34. The van der Waals surface area contributed by atoms with Gasteiger partial charge in [-0.25, -0.2) is 0 Å². The average molecular weight is 597 g/mol. The molecule has 0 bridgehead atoms. The first-order valence-corrected chi connectivity index (χ1v) is 14.9. The number of nitrogens with zero attached hydrogens (tertiary/aromatic N) is 4. The third-order valence-corrected chi connectivity index (χ3v) is 8.61. The Balaban J connectivity index is 1.72. The monoisotopic (exact) mass is 596 g/mol. The van der Waals surface area contributed by atoms with Crippen LogP contribution in [0.5, 0.6) is 11.5 Å².